The molecule has 1 aromatic rings. The molecule has 0 aliphatic rings. The molecular formula is C22H30O3S. The summed E-state index contributed by atoms with van der Waals surface area (Å²) in [4.78, 5) is 11.6. The predicted molar refractivity (Wildman–Crippen MR) is 112 cm³/mol. The molecule has 0 amide bonds. The number of thiophene rings is 1. The number of hydrogen-bond donors (Lipinski definition) is 1. The molecule has 1 rings (SSSR count). The van der Waals surface area contributed by atoms with Gasteiger partial charge in [-0.3, -0.25) is 0 Å². The minimum Gasteiger partial charge on any atom is -0.492 e. The van der Waals surface area contributed by atoms with Gasteiger partial charge in [-0.2, -0.15) is 0 Å². The zero-order valence-electron chi connectivity index (χ0n) is 15.7. The van der Waals surface area contributed by atoms with Crippen molar-refractivity contribution in [1.82, 2.24) is 0 Å². The summed E-state index contributed by atoms with van der Waals surface area (Å²) < 4.78 is 5.84. The van der Waals surface area contributed by atoms with Gasteiger partial charge in [-0.25, -0.2) is 4.79 Å². The average Bonchev–Trinajstić information content (AvgIpc) is 3.08. The number of unbranched alkanes of at least 4 members (excludes halogenated alkanes) is 6. The van der Waals surface area contributed by atoms with Crippen LogP contribution in [0, 0.1) is 0 Å². The van der Waals surface area contributed by atoms with Crippen molar-refractivity contribution in [3.8, 4) is 5.75 Å². The van der Waals surface area contributed by atoms with E-state index in [-0.39, 0.29) is 5.57 Å². The molecule has 1 aromatic heterocycles. The largest absolute Gasteiger partial charge is 0.492 e. The van der Waals surface area contributed by atoms with E-state index in [9.17, 15) is 9.90 Å². The van der Waals surface area contributed by atoms with Gasteiger partial charge in [-0.1, -0.05) is 82.4 Å². The summed E-state index contributed by atoms with van der Waals surface area (Å²) >= 11 is 1.46. The van der Waals surface area contributed by atoms with E-state index in [1.54, 1.807) is 36.5 Å². The van der Waals surface area contributed by atoms with Crippen LogP contribution in [-0.2, 0) is 4.79 Å². The van der Waals surface area contributed by atoms with E-state index in [1.807, 2.05) is 10.8 Å². The van der Waals surface area contributed by atoms with Gasteiger partial charge in [0.05, 0.1) is 12.2 Å². The Bertz CT molecular complexity index is 623. The lowest BCUT2D eigenvalue weighted by atomic mass is 10.1. The number of carbonyl (C=O) groups is 1. The van der Waals surface area contributed by atoms with Crippen LogP contribution >= 0.6 is 11.3 Å². The quantitative estimate of drug-likeness (QED) is 0.225. The normalized spacial score (nSPS) is 12.1. The Morgan fingerprint density at radius 3 is 2.46 bits per heavy atom. The zero-order chi connectivity index (χ0) is 19.0. The van der Waals surface area contributed by atoms with Crippen LogP contribution in [0.2, 0.25) is 0 Å². The Morgan fingerprint density at radius 1 is 1.08 bits per heavy atom. The number of hydrogen-bond acceptors (Lipinski definition) is 3. The highest BCUT2D eigenvalue weighted by Crippen LogP contribution is 2.31. The fourth-order valence-electron chi connectivity index (χ4n) is 2.47. The second kappa shape index (κ2) is 14.1. The molecule has 4 heteroatoms. The van der Waals surface area contributed by atoms with Crippen molar-refractivity contribution in [2.45, 2.75) is 51.9 Å². The Labute approximate surface area is 161 Å². The van der Waals surface area contributed by atoms with Gasteiger partial charge in [0, 0.05) is 16.3 Å². The summed E-state index contributed by atoms with van der Waals surface area (Å²) in [7, 11) is 0. The molecule has 0 aromatic carbocycles. The maximum Gasteiger partial charge on any atom is 0.336 e. The monoisotopic (exact) mass is 374 g/mol. The molecule has 0 saturated heterocycles. The second-order valence-corrected chi connectivity index (χ2v) is 6.75. The van der Waals surface area contributed by atoms with Crippen molar-refractivity contribution in [1.29, 1.82) is 0 Å². The van der Waals surface area contributed by atoms with Crippen LogP contribution in [-0.4, -0.2) is 17.7 Å². The lowest BCUT2D eigenvalue weighted by Gasteiger charge is -2.08. The first-order valence-electron chi connectivity index (χ1n) is 9.29. The third-order valence-electron chi connectivity index (χ3n) is 3.88. The Balaban J connectivity index is 2.54. The number of rotatable bonds is 14. The highest BCUT2D eigenvalue weighted by Gasteiger charge is 2.16. The number of carboxylic acid groups (broad SMARTS) is 1. The maximum atomic E-state index is 11.6. The molecule has 26 heavy (non-hydrogen) atoms. The molecule has 0 aliphatic heterocycles. The molecular weight excluding hydrogens is 344 g/mol. The molecule has 0 aliphatic carbocycles. The summed E-state index contributed by atoms with van der Waals surface area (Å²) in [5, 5.41) is 13.2. The summed E-state index contributed by atoms with van der Waals surface area (Å²) in [5.41, 5.74) is 0.881. The number of allylic oxidation sites excluding steroid dienone is 6. The van der Waals surface area contributed by atoms with Gasteiger partial charge < -0.3 is 9.84 Å². The molecule has 0 fully saturated rings. The van der Waals surface area contributed by atoms with E-state index < -0.39 is 5.97 Å². The van der Waals surface area contributed by atoms with E-state index in [4.69, 9.17) is 4.74 Å². The zero-order valence-corrected chi connectivity index (χ0v) is 16.5. The van der Waals surface area contributed by atoms with Crippen LogP contribution in [0.3, 0.4) is 0 Å². The van der Waals surface area contributed by atoms with Crippen LogP contribution in [0.15, 0.2) is 53.8 Å². The van der Waals surface area contributed by atoms with Crippen LogP contribution in [0.25, 0.3) is 5.57 Å². The van der Waals surface area contributed by atoms with Gasteiger partial charge in [0.2, 0.25) is 0 Å². The minimum absolute atomic E-state index is 0.240. The molecule has 0 saturated carbocycles. The predicted octanol–water partition coefficient (Wildman–Crippen LogP) is 6.64. The molecule has 1 N–H and O–H groups in total. The Hall–Kier alpha value is -2.07. The second-order valence-electron chi connectivity index (χ2n) is 6.01. The van der Waals surface area contributed by atoms with Crippen molar-refractivity contribution < 1.29 is 14.6 Å². The fourth-order valence-corrected chi connectivity index (χ4v) is 3.24. The molecule has 0 atom stereocenters. The van der Waals surface area contributed by atoms with E-state index >= 15 is 0 Å². The van der Waals surface area contributed by atoms with E-state index in [2.05, 4.69) is 13.5 Å². The summed E-state index contributed by atoms with van der Waals surface area (Å²) in [5.74, 6) is -0.300. The molecule has 0 spiro atoms. The van der Waals surface area contributed by atoms with Crippen molar-refractivity contribution in [3.63, 3.8) is 0 Å². The third-order valence-corrected chi connectivity index (χ3v) is 4.61. The number of aliphatic carboxylic acids is 1. The smallest absolute Gasteiger partial charge is 0.336 e. The SMILES string of the molecule is C=CC=CC=CC=C(C(=O)O)c1cscc1OCCCCCCCCC. The summed E-state index contributed by atoms with van der Waals surface area (Å²) in [6.45, 7) is 6.44. The van der Waals surface area contributed by atoms with E-state index in [0.717, 1.165) is 12.8 Å². The van der Waals surface area contributed by atoms with Crippen LogP contribution in [0.1, 0.15) is 57.4 Å². The van der Waals surface area contributed by atoms with Crippen molar-refractivity contribution in [2.24, 2.45) is 0 Å². The minimum atomic E-state index is -0.957. The Morgan fingerprint density at radius 2 is 1.77 bits per heavy atom. The third kappa shape index (κ3) is 8.86. The molecule has 1 heterocycles. The Kier molecular flexibility index (Phi) is 11.9. The van der Waals surface area contributed by atoms with Gasteiger partial charge in [-0.05, 0) is 12.5 Å². The van der Waals surface area contributed by atoms with Crippen molar-refractivity contribution in [2.75, 3.05) is 6.61 Å². The molecule has 0 radical (unpaired) electrons. The van der Waals surface area contributed by atoms with Gasteiger partial charge >= 0.3 is 5.97 Å². The average molecular weight is 375 g/mol. The number of ether oxygens (including phenoxy) is 1. The first-order chi connectivity index (χ1) is 12.7. The fraction of sp³-hybridized carbons (Fsp3) is 0.409. The molecule has 0 bridgehead atoms. The molecule has 3 nitrogen and oxygen atoms in total. The topological polar surface area (TPSA) is 46.5 Å². The van der Waals surface area contributed by atoms with Gasteiger partial charge in [0.1, 0.15) is 5.75 Å². The summed E-state index contributed by atoms with van der Waals surface area (Å²) in [6, 6.07) is 0. The highest BCUT2D eigenvalue weighted by molar-refractivity contribution is 7.08. The van der Waals surface area contributed by atoms with Crippen molar-refractivity contribution in [3.05, 3.63) is 59.4 Å². The first-order valence-corrected chi connectivity index (χ1v) is 10.2. The van der Waals surface area contributed by atoms with Gasteiger partial charge in [0.15, 0.2) is 0 Å². The van der Waals surface area contributed by atoms with Gasteiger partial charge in [-0.15, -0.1) is 11.3 Å². The molecule has 142 valence electrons. The lowest BCUT2D eigenvalue weighted by Crippen LogP contribution is -2.03. The lowest BCUT2D eigenvalue weighted by molar-refractivity contribution is -0.130. The first kappa shape index (κ1) is 22.0. The molecule has 0 unspecified atom stereocenters. The summed E-state index contributed by atoms with van der Waals surface area (Å²) in [6.07, 6.45) is 18.9. The van der Waals surface area contributed by atoms with Crippen LogP contribution in [0.5, 0.6) is 5.75 Å². The van der Waals surface area contributed by atoms with Crippen LogP contribution < -0.4 is 4.74 Å². The van der Waals surface area contributed by atoms with E-state index in [1.165, 1.54) is 43.4 Å². The van der Waals surface area contributed by atoms with Crippen LogP contribution in [0.4, 0.5) is 0 Å². The maximum absolute atomic E-state index is 11.6. The van der Waals surface area contributed by atoms with Gasteiger partial charge in [0.25, 0.3) is 0 Å². The van der Waals surface area contributed by atoms with E-state index in [0.29, 0.717) is 17.9 Å². The number of carboxylic acids is 1. The van der Waals surface area contributed by atoms with Crippen molar-refractivity contribution >= 4 is 22.9 Å². The standard InChI is InChI=1S/C22H30O3S/c1-3-5-7-9-10-12-14-16-25-21-18-26-17-20(21)19(22(23)24)15-13-11-8-6-4-2/h4,6,8,11,13,15,17-18H,2-3,5,7,9-10,12,14,16H2,1H3,(H,23,24). The highest BCUT2D eigenvalue weighted by atomic mass is 32.1.